The third-order valence-corrected chi connectivity index (χ3v) is 26.2. The lowest BCUT2D eigenvalue weighted by Crippen LogP contribution is -2.67. The molecule has 388 valence electrons. The molecule has 0 bridgehead atoms. The zero-order valence-electron chi connectivity index (χ0n) is 42.0. The molecule has 3 saturated heterocycles. The first-order valence-corrected chi connectivity index (χ1v) is 28.6. The average Bonchev–Trinajstić information content (AvgIpc) is 3.42. The summed E-state index contributed by atoms with van der Waals surface area (Å²) in [6.45, 7) is 12.7. The predicted molar refractivity (Wildman–Crippen MR) is 277 cm³/mol. The fourth-order valence-electron chi connectivity index (χ4n) is 10.2. The van der Waals surface area contributed by atoms with Gasteiger partial charge in [-0.05, 0) is 70.7 Å². The number of rotatable bonds is 18. The van der Waals surface area contributed by atoms with Gasteiger partial charge in [-0.1, -0.05) is 150 Å². The number of fused-ring (bicyclic) bond motifs is 1. The lowest BCUT2D eigenvalue weighted by atomic mass is 9.95. The summed E-state index contributed by atoms with van der Waals surface area (Å²) in [6, 6.07) is 40.8. The van der Waals surface area contributed by atoms with Crippen LogP contribution in [0.3, 0.4) is 0 Å². The van der Waals surface area contributed by atoms with E-state index < -0.39 is 104 Å². The first-order valence-electron chi connectivity index (χ1n) is 24.8. The van der Waals surface area contributed by atoms with Gasteiger partial charge in [-0.25, -0.2) is 19.2 Å². The minimum atomic E-state index is -2.42. The van der Waals surface area contributed by atoms with Crippen LogP contribution in [0.25, 0.3) is 10.4 Å². The maximum atomic E-state index is 14.5. The van der Waals surface area contributed by atoms with Crippen LogP contribution >= 0.6 is 11.2 Å². The van der Waals surface area contributed by atoms with E-state index in [0.29, 0.717) is 5.56 Å². The zero-order valence-corrected chi connectivity index (χ0v) is 43.8. The minimum absolute atomic E-state index is 0.0502. The first-order chi connectivity index (χ1) is 35.8. The summed E-state index contributed by atoms with van der Waals surface area (Å²) < 4.78 is 59.1. The molecule has 0 aromatic heterocycles. The highest BCUT2D eigenvalue weighted by atomic mass is 32.4. The third-order valence-electron chi connectivity index (χ3n) is 13.6. The number of hydrogen-bond acceptors (Lipinski definition) is 15. The predicted octanol–water partition coefficient (Wildman–Crippen LogP) is 11.1. The van der Waals surface area contributed by atoms with Gasteiger partial charge in [0.1, 0.15) is 49.7 Å². The van der Waals surface area contributed by atoms with E-state index in [1.807, 2.05) is 30.3 Å². The molecule has 16 nitrogen and oxygen atoms in total. The molecule has 11 atom stereocenters. The van der Waals surface area contributed by atoms with E-state index in [9.17, 15) is 24.7 Å². The highest BCUT2D eigenvalue weighted by Gasteiger charge is 2.59. The van der Waals surface area contributed by atoms with Gasteiger partial charge in [0.2, 0.25) is 0 Å². The summed E-state index contributed by atoms with van der Waals surface area (Å²) >= 11 is 1.68. The normalized spacial score (nSPS) is 25.8. The van der Waals surface area contributed by atoms with Gasteiger partial charge in [-0.3, -0.25) is 0 Å². The molecule has 0 saturated carbocycles. The van der Waals surface area contributed by atoms with Crippen LogP contribution in [-0.4, -0.2) is 105 Å². The molecule has 11 unspecified atom stereocenters. The van der Waals surface area contributed by atoms with Crippen LogP contribution in [0.1, 0.15) is 94.8 Å². The number of ether oxygens (including phenoxy) is 9. The van der Waals surface area contributed by atoms with E-state index >= 15 is 0 Å². The molecule has 0 aliphatic carbocycles. The quantitative estimate of drug-likeness (QED) is 0.0200. The number of benzene rings is 5. The molecule has 3 aliphatic heterocycles. The van der Waals surface area contributed by atoms with E-state index in [4.69, 9.17) is 42.6 Å². The van der Waals surface area contributed by atoms with Crippen LogP contribution < -0.4 is 0 Å². The Morgan fingerprint density at radius 1 is 0.595 bits per heavy atom. The highest BCUT2D eigenvalue weighted by Crippen LogP contribution is 2.54. The van der Waals surface area contributed by atoms with Crippen molar-refractivity contribution in [1.29, 1.82) is 0 Å². The molecule has 0 spiro atoms. The highest BCUT2D eigenvalue weighted by molar-refractivity contribution is 8.29. The van der Waals surface area contributed by atoms with Crippen molar-refractivity contribution in [2.75, 3.05) is 13.2 Å². The van der Waals surface area contributed by atoms with E-state index in [1.165, 1.54) is 24.3 Å². The molecule has 0 N–H and O–H groups in total. The second-order valence-corrected chi connectivity index (χ2v) is 27.9. The minimum Gasteiger partial charge on any atom is -0.459 e. The lowest BCUT2D eigenvalue weighted by molar-refractivity contribution is -0.353. The summed E-state index contributed by atoms with van der Waals surface area (Å²) in [4.78, 5) is 60.2. The number of azide groups is 1. The van der Waals surface area contributed by atoms with Gasteiger partial charge in [0.05, 0.1) is 28.9 Å². The summed E-state index contributed by atoms with van der Waals surface area (Å²) in [5, 5.41) is 4.43. The Morgan fingerprint density at radius 3 is 1.51 bits per heavy atom. The van der Waals surface area contributed by atoms with Crippen molar-refractivity contribution in [3.05, 3.63) is 190 Å². The van der Waals surface area contributed by atoms with Gasteiger partial charge >= 0.3 is 23.9 Å². The average molecular weight is 1040 g/mol. The third kappa shape index (κ3) is 12.3. The van der Waals surface area contributed by atoms with E-state index in [2.05, 4.69) is 51.6 Å². The first kappa shape index (κ1) is 53.9. The van der Waals surface area contributed by atoms with E-state index in [1.54, 1.807) is 108 Å². The second-order valence-electron chi connectivity index (χ2n) is 19.2. The monoisotopic (exact) mass is 1040 g/mol. The summed E-state index contributed by atoms with van der Waals surface area (Å²) in [5.74, 6) is -3.32. The van der Waals surface area contributed by atoms with Gasteiger partial charge in [0, 0.05) is 10.5 Å². The molecule has 0 amide bonds. The van der Waals surface area contributed by atoms with Gasteiger partial charge in [-0.15, -0.1) is 0 Å². The summed E-state index contributed by atoms with van der Waals surface area (Å²) in [6.07, 6.45) is -12.2. The van der Waals surface area contributed by atoms with Crippen LogP contribution in [0.4, 0.5) is 0 Å². The van der Waals surface area contributed by atoms with Crippen molar-refractivity contribution in [1.82, 2.24) is 0 Å². The van der Waals surface area contributed by atoms with Crippen molar-refractivity contribution in [2.24, 2.45) is 5.11 Å². The molecular weight excluding hydrogens is 983 g/mol. The Bertz CT molecular complexity index is 2680. The van der Waals surface area contributed by atoms with Crippen LogP contribution in [0.5, 0.6) is 0 Å². The van der Waals surface area contributed by atoms with Gasteiger partial charge in [-0.2, -0.15) is 11.2 Å². The Hall–Kier alpha value is -6.34. The van der Waals surface area contributed by atoms with E-state index in [0.717, 1.165) is 0 Å². The van der Waals surface area contributed by atoms with Crippen molar-refractivity contribution < 1.29 is 61.8 Å². The number of nitrogens with zero attached hydrogens (tertiary/aromatic N) is 3. The fourth-order valence-corrected chi connectivity index (χ4v) is 20.2. The molecule has 8 rings (SSSR count). The van der Waals surface area contributed by atoms with Gasteiger partial charge in [0.15, 0.2) is 30.9 Å². The molecule has 18 heteroatoms. The molecule has 5 aromatic rings. The second kappa shape index (κ2) is 24.8. The van der Waals surface area contributed by atoms with Crippen LogP contribution in [0, 0.1) is 0 Å². The lowest BCUT2D eigenvalue weighted by Gasteiger charge is -2.53. The molecule has 3 heterocycles. The number of carbonyl (C=O) groups excluding carboxylic acids is 4. The largest absolute Gasteiger partial charge is 0.459 e. The topological polar surface area (TPSA) is 200 Å². The van der Waals surface area contributed by atoms with Crippen LogP contribution in [0.15, 0.2) is 157 Å². The molecular formula is C56H61N3O13SSi. The standard InChI is InChI=1S/C56H61N3O13SSi/c1-34(2)74(35(3)4,36(5)6)73-56-44(58-59-57)47(45-43(67-56)33-65-54(71-45)41-30-20-11-21-31-41)72-55-49(70-53(63)40-28-18-10-19-29-40)48(69-52(62)39-26-16-9-17-27-39)46(68-51(61)38-24-14-8-15-25-38)42(66-55)32-64-50(60)37-22-12-7-13-23-37/h7-31,34-36,42-49,54-56H,32-33H2,1-6H3. The number of hydrogen-bond donors (Lipinski definition) is 0. The maximum Gasteiger partial charge on any atom is 0.338 e. The maximum absolute atomic E-state index is 14.5. The molecule has 3 aliphatic rings. The van der Waals surface area contributed by atoms with Crippen LogP contribution in [0.2, 0.25) is 16.6 Å². The Labute approximate surface area is 435 Å². The Kier molecular flexibility index (Phi) is 18.1. The van der Waals surface area contributed by atoms with Crippen molar-refractivity contribution in [2.45, 2.75) is 125 Å². The Morgan fingerprint density at radius 2 is 1.04 bits per heavy atom. The molecule has 74 heavy (non-hydrogen) atoms. The van der Waals surface area contributed by atoms with E-state index in [-0.39, 0.29) is 45.5 Å². The zero-order chi connectivity index (χ0) is 52.4. The van der Waals surface area contributed by atoms with Gasteiger partial charge < -0.3 is 42.6 Å². The fraction of sp³-hybridized carbons (Fsp3) is 0.393. The van der Waals surface area contributed by atoms with Crippen LogP contribution in [-0.2, 0) is 42.6 Å². The van der Waals surface area contributed by atoms with Crippen molar-refractivity contribution in [3.8, 4) is 0 Å². The number of carbonyl (C=O) groups is 4. The van der Waals surface area contributed by atoms with Crippen molar-refractivity contribution >= 4 is 42.3 Å². The molecule has 0 radical (unpaired) electrons. The smallest absolute Gasteiger partial charge is 0.338 e. The van der Waals surface area contributed by atoms with Gasteiger partial charge in [0.25, 0.3) is 0 Å². The summed E-state index contributed by atoms with van der Waals surface area (Å²) in [5.41, 5.74) is 11.7. The number of esters is 4. The van der Waals surface area contributed by atoms with Crippen molar-refractivity contribution in [3.63, 3.8) is 0 Å². The Balaban J connectivity index is 1.28. The molecule has 5 aromatic carbocycles. The molecule has 3 fully saturated rings. The summed E-state index contributed by atoms with van der Waals surface area (Å²) in [7, 11) is -2.42. The SMILES string of the molecule is CC(C)[Si](SC1OC2COC(c3ccccc3)OC2C(OC2OC(COC(=O)c3ccccc3)C(OC(=O)c3ccccc3)C(OC(=O)c3ccccc3)C2OC(=O)c2ccccc2)C1N=[N+]=[N-])(C(C)C)C(C)C.